The lowest BCUT2D eigenvalue weighted by atomic mass is 9.82. The van der Waals surface area contributed by atoms with E-state index in [-0.39, 0.29) is 42.4 Å². The minimum Gasteiger partial charge on any atom is -0.466 e. The van der Waals surface area contributed by atoms with E-state index in [9.17, 15) is 14.9 Å². The van der Waals surface area contributed by atoms with Crippen molar-refractivity contribution in [2.45, 2.75) is 46.0 Å². The monoisotopic (exact) mass is 398 g/mol. The quantitative estimate of drug-likeness (QED) is 0.701. The van der Waals surface area contributed by atoms with Crippen LogP contribution in [0.4, 0.5) is 0 Å². The highest BCUT2D eigenvalue weighted by molar-refractivity contribution is 5.93. The molecule has 1 aromatic rings. The number of hydrogen-bond donors (Lipinski definition) is 1. The number of nitriles is 1. The zero-order valence-electron chi connectivity index (χ0n) is 17.2. The molecule has 0 spiro atoms. The Morgan fingerprint density at radius 2 is 1.79 bits per heavy atom. The zero-order chi connectivity index (χ0) is 21.6. The summed E-state index contributed by atoms with van der Waals surface area (Å²) in [5.74, 6) is -1.79. The molecule has 0 fully saturated rings. The van der Waals surface area contributed by atoms with Crippen LogP contribution in [0.3, 0.4) is 0 Å². The largest absolute Gasteiger partial charge is 0.466 e. The fourth-order valence-electron chi connectivity index (χ4n) is 3.13. The first-order valence-corrected chi connectivity index (χ1v) is 9.57. The van der Waals surface area contributed by atoms with Gasteiger partial charge in [0.1, 0.15) is 23.8 Å². The summed E-state index contributed by atoms with van der Waals surface area (Å²) in [5, 5.41) is 9.68. The third-order valence-electron chi connectivity index (χ3n) is 4.54. The fourth-order valence-corrected chi connectivity index (χ4v) is 3.13. The van der Waals surface area contributed by atoms with Gasteiger partial charge in [0.05, 0.1) is 24.7 Å². The van der Waals surface area contributed by atoms with E-state index in [0.717, 1.165) is 5.56 Å². The molecular weight excluding hydrogens is 372 g/mol. The van der Waals surface area contributed by atoms with Crippen molar-refractivity contribution in [2.75, 3.05) is 13.2 Å². The van der Waals surface area contributed by atoms with Gasteiger partial charge in [0.15, 0.2) is 0 Å². The number of nitrogens with two attached hydrogens (primary N) is 1. The van der Waals surface area contributed by atoms with Gasteiger partial charge in [-0.05, 0) is 30.9 Å². The minimum absolute atomic E-state index is 0.0383. The van der Waals surface area contributed by atoms with E-state index in [1.807, 2.05) is 30.3 Å². The van der Waals surface area contributed by atoms with Crippen LogP contribution in [0.15, 0.2) is 47.1 Å². The molecule has 1 aromatic carbocycles. The van der Waals surface area contributed by atoms with Crippen LogP contribution in [0.25, 0.3) is 0 Å². The number of esters is 2. The standard InChI is InChI=1S/C22H26N2O5/c1-5-27-18(25)11-17-20(22(26)28-6-2)19(16(12-23)21(24)29-17)15-9-7-14(8-10-15)13(3)4/h7-10,13,19H,5-6,11,24H2,1-4H3/t19-/m0/s1. The molecule has 1 aliphatic rings. The van der Waals surface area contributed by atoms with Crippen LogP contribution in [0, 0.1) is 11.3 Å². The summed E-state index contributed by atoms with van der Waals surface area (Å²) in [5.41, 5.74) is 7.95. The van der Waals surface area contributed by atoms with Crippen molar-refractivity contribution < 1.29 is 23.8 Å². The van der Waals surface area contributed by atoms with Gasteiger partial charge < -0.3 is 19.9 Å². The fraction of sp³-hybridized carbons (Fsp3) is 0.409. The SMILES string of the molecule is CCOC(=O)CC1=C(C(=O)OCC)[C@@H](c2ccc(C(C)C)cc2)C(C#N)=C(N)O1. The van der Waals surface area contributed by atoms with Gasteiger partial charge in [0.25, 0.3) is 0 Å². The Morgan fingerprint density at radius 1 is 1.17 bits per heavy atom. The average molecular weight is 398 g/mol. The van der Waals surface area contributed by atoms with Crippen molar-refractivity contribution in [1.82, 2.24) is 0 Å². The summed E-state index contributed by atoms with van der Waals surface area (Å²) in [6.07, 6.45) is -0.290. The molecule has 0 aromatic heterocycles. The summed E-state index contributed by atoms with van der Waals surface area (Å²) in [6, 6.07) is 9.60. The van der Waals surface area contributed by atoms with Gasteiger partial charge in [0, 0.05) is 0 Å². The Labute approximate surface area is 170 Å². The highest BCUT2D eigenvalue weighted by Crippen LogP contribution is 2.41. The number of rotatable bonds is 7. The van der Waals surface area contributed by atoms with Crippen molar-refractivity contribution in [1.29, 1.82) is 5.26 Å². The lowest BCUT2D eigenvalue weighted by Crippen LogP contribution is -2.27. The first kappa shape index (κ1) is 22.0. The molecule has 0 saturated carbocycles. The van der Waals surface area contributed by atoms with Crippen LogP contribution < -0.4 is 5.73 Å². The van der Waals surface area contributed by atoms with E-state index in [1.54, 1.807) is 13.8 Å². The molecular formula is C22H26N2O5. The van der Waals surface area contributed by atoms with Crippen molar-refractivity contribution >= 4 is 11.9 Å². The second kappa shape index (κ2) is 9.78. The van der Waals surface area contributed by atoms with Crippen LogP contribution >= 0.6 is 0 Å². The van der Waals surface area contributed by atoms with Crippen molar-refractivity contribution in [3.8, 4) is 6.07 Å². The molecule has 0 radical (unpaired) electrons. The van der Waals surface area contributed by atoms with Gasteiger partial charge in [-0.2, -0.15) is 5.26 Å². The lowest BCUT2D eigenvalue weighted by molar-refractivity contribution is -0.143. The summed E-state index contributed by atoms with van der Waals surface area (Å²) in [4.78, 5) is 24.8. The highest BCUT2D eigenvalue weighted by atomic mass is 16.5. The van der Waals surface area contributed by atoms with E-state index in [2.05, 4.69) is 13.8 Å². The Balaban J connectivity index is 2.62. The smallest absolute Gasteiger partial charge is 0.338 e. The number of carbonyl (C=O) groups excluding carboxylic acids is 2. The molecule has 1 heterocycles. The molecule has 0 aliphatic carbocycles. The second-order valence-corrected chi connectivity index (χ2v) is 6.79. The van der Waals surface area contributed by atoms with E-state index < -0.39 is 17.9 Å². The number of carbonyl (C=O) groups is 2. The van der Waals surface area contributed by atoms with Crippen molar-refractivity contribution in [3.05, 3.63) is 58.2 Å². The van der Waals surface area contributed by atoms with Crippen LogP contribution in [-0.2, 0) is 23.8 Å². The lowest BCUT2D eigenvalue weighted by Gasteiger charge is -2.28. The molecule has 1 aliphatic heterocycles. The maximum Gasteiger partial charge on any atom is 0.338 e. The van der Waals surface area contributed by atoms with Gasteiger partial charge in [0.2, 0.25) is 5.88 Å². The summed E-state index contributed by atoms with van der Waals surface area (Å²) >= 11 is 0. The normalized spacial score (nSPS) is 16.3. The molecule has 29 heavy (non-hydrogen) atoms. The first-order chi connectivity index (χ1) is 13.8. The zero-order valence-corrected chi connectivity index (χ0v) is 17.2. The highest BCUT2D eigenvalue weighted by Gasteiger charge is 2.38. The van der Waals surface area contributed by atoms with E-state index in [4.69, 9.17) is 19.9 Å². The predicted octanol–water partition coefficient (Wildman–Crippen LogP) is 3.39. The summed E-state index contributed by atoms with van der Waals surface area (Å²) < 4.78 is 15.7. The van der Waals surface area contributed by atoms with Crippen LogP contribution in [0.2, 0.25) is 0 Å². The van der Waals surface area contributed by atoms with Gasteiger partial charge >= 0.3 is 11.9 Å². The number of benzene rings is 1. The Hall–Kier alpha value is -3.27. The molecule has 0 amide bonds. The maximum absolute atomic E-state index is 12.8. The molecule has 154 valence electrons. The summed E-state index contributed by atoms with van der Waals surface area (Å²) in [6.45, 7) is 7.83. The maximum atomic E-state index is 12.8. The second-order valence-electron chi connectivity index (χ2n) is 6.79. The number of ether oxygens (including phenoxy) is 3. The van der Waals surface area contributed by atoms with Gasteiger partial charge in [-0.3, -0.25) is 4.79 Å². The first-order valence-electron chi connectivity index (χ1n) is 9.57. The van der Waals surface area contributed by atoms with E-state index in [0.29, 0.717) is 11.5 Å². The van der Waals surface area contributed by atoms with E-state index >= 15 is 0 Å². The Morgan fingerprint density at radius 3 is 2.31 bits per heavy atom. The predicted molar refractivity (Wildman–Crippen MR) is 106 cm³/mol. The summed E-state index contributed by atoms with van der Waals surface area (Å²) in [7, 11) is 0. The third-order valence-corrected chi connectivity index (χ3v) is 4.54. The molecule has 7 heteroatoms. The molecule has 7 nitrogen and oxygen atoms in total. The van der Waals surface area contributed by atoms with Crippen molar-refractivity contribution in [3.63, 3.8) is 0 Å². The number of hydrogen-bond acceptors (Lipinski definition) is 7. The Kier molecular flexibility index (Phi) is 7.43. The van der Waals surface area contributed by atoms with Crippen molar-refractivity contribution in [2.24, 2.45) is 5.73 Å². The van der Waals surface area contributed by atoms with E-state index in [1.165, 1.54) is 0 Å². The van der Waals surface area contributed by atoms with Gasteiger partial charge in [-0.25, -0.2) is 4.79 Å². The number of allylic oxidation sites excluding steroid dienone is 1. The van der Waals surface area contributed by atoms with Crippen LogP contribution in [0.1, 0.15) is 57.1 Å². The van der Waals surface area contributed by atoms with Crippen LogP contribution in [0.5, 0.6) is 0 Å². The molecule has 1 atom stereocenters. The number of nitrogens with zero attached hydrogens (tertiary/aromatic N) is 1. The molecule has 2 N–H and O–H groups in total. The minimum atomic E-state index is -0.793. The third kappa shape index (κ3) is 4.96. The van der Waals surface area contributed by atoms with Gasteiger partial charge in [-0.1, -0.05) is 38.1 Å². The Bertz CT molecular complexity index is 875. The van der Waals surface area contributed by atoms with Crippen LogP contribution in [-0.4, -0.2) is 25.2 Å². The van der Waals surface area contributed by atoms with Gasteiger partial charge in [-0.15, -0.1) is 0 Å². The topological polar surface area (TPSA) is 112 Å². The molecule has 0 unspecified atom stereocenters. The molecule has 0 saturated heterocycles. The average Bonchev–Trinajstić information content (AvgIpc) is 2.67. The molecule has 0 bridgehead atoms. The molecule has 2 rings (SSSR count).